The third kappa shape index (κ3) is 2.99. The summed E-state index contributed by atoms with van der Waals surface area (Å²) in [4.78, 5) is 23.6. The van der Waals surface area contributed by atoms with Crippen LogP contribution in [0.3, 0.4) is 0 Å². The SMILES string of the molecule is C=CC(=O)OC12CCC(C1)C(C(=O)OC(C)(C)C)C2. The third-order valence-electron chi connectivity index (χ3n) is 3.96. The van der Waals surface area contributed by atoms with Gasteiger partial charge in [-0.3, -0.25) is 4.79 Å². The second-order valence-corrected chi connectivity index (χ2v) is 6.66. The van der Waals surface area contributed by atoms with Crippen molar-refractivity contribution in [3.05, 3.63) is 12.7 Å². The summed E-state index contributed by atoms with van der Waals surface area (Å²) in [6.45, 7) is 9.02. The quantitative estimate of drug-likeness (QED) is 0.582. The van der Waals surface area contributed by atoms with Gasteiger partial charge in [0.25, 0.3) is 0 Å². The highest BCUT2D eigenvalue weighted by atomic mass is 16.6. The standard InChI is InChI=1S/C15H22O4/c1-5-12(16)18-15-7-6-10(8-15)11(9-15)13(17)19-14(2,3)4/h5,10-11H,1,6-9H2,2-4H3. The molecule has 0 aromatic rings. The summed E-state index contributed by atoms with van der Waals surface area (Å²) in [7, 11) is 0. The molecule has 106 valence electrons. The molecule has 0 heterocycles. The Balaban J connectivity index is 2.02. The van der Waals surface area contributed by atoms with Crippen LogP contribution in [0.2, 0.25) is 0 Å². The summed E-state index contributed by atoms with van der Waals surface area (Å²) < 4.78 is 10.9. The van der Waals surface area contributed by atoms with E-state index in [0.717, 1.165) is 19.3 Å². The number of fused-ring (bicyclic) bond motifs is 2. The van der Waals surface area contributed by atoms with Crippen molar-refractivity contribution in [3.63, 3.8) is 0 Å². The number of ether oxygens (including phenoxy) is 2. The molecule has 0 aromatic carbocycles. The summed E-state index contributed by atoms with van der Waals surface area (Å²) in [5.41, 5.74) is -0.929. The second kappa shape index (κ2) is 4.66. The lowest BCUT2D eigenvalue weighted by molar-refractivity contribution is -0.166. The fourth-order valence-corrected chi connectivity index (χ4v) is 3.27. The van der Waals surface area contributed by atoms with Gasteiger partial charge >= 0.3 is 11.9 Å². The van der Waals surface area contributed by atoms with Crippen molar-refractivity contribution in [2.24, 2.45) is 11.8 Å². The fourth-order valence-electron chi connectivity index (χ4n) is 3.27. The van der Waals surface area contributed by atoms with E-state index in [1.165, 1.54) is 6.08 Å². The molecule has 0 aromatic heterocycles. The van der Waals surface area contributed by atoms with E-state index >= 15 is 0 Å². The van der Waals surface area contributed by atoms with Gasteiger partial charge in [0.15, 0.2) is 0 Å². The largest absolute Gasteiger partial charge is 0.460 e. The lowest BCUT2D eigenvalue weighted by Crippen LogP contribution is -2.35. The Hall–Kier alpha value is -1.32. The van der Waals surface area contributed by atoms with Crippen molar-refractivity contribution in [1.82, 2.24) is 0 Å². The molecular weight excluding hydrogens is 244 g/mol. The zero-order chi connectivity index (χ0) is 14.3. The van der Waals surface area contributed by atoms with E-state index in [0.29, 0.717) is 6.42 Å². The Morgan fingerprint density at radius 1 is 1.32 bits per heavy atom. The molecule has 2 aliphatic carbocycles. The lowest BCUT2D eigenvalue weighted by atomic mass is 9.87. The normalized spacial score (nSPS) is 33.0. The van der Waals surface area contributed by atoms with Crippen LogP contribution < -0.4 is 0 Å². The molecule has 4 heteroatoms. The average Bonchev–Trinajstić information content (AvgIpc) is 2.83. The van der Waals surface area contributed by atoms with Gasteiger partial charge in [-0.05, 0) is 46.0 Å². The van der Waals surface area contributed by atoms with Crippen LogP contribution in [0, 0.1) is 11.8 Å². The number of carbonyl (C=O) groups excluding carboxylic acids is 2. The first-order chi connectivity index (χ1) is 8.75. The van der Waals surface area contributed by atoms with Crippen LogP contribution in [-0.4, -0.2) is 23.1 Å². The Morgan fingerprint density at radius 2 is 2.00 bits per heavy atom. The van der Waals surface area contributed by atoms with Gasteiger partial charge in [0.1, 0.15) is 11.2 Å². The number of rotatable bonds is 3. The van der Waals surface area contributed by atoms with Gasteiger partial charge in [0.05, 0.1) is 5.92 Å². The average molecular weight is 266 g/mol. The zero-order valence-corrected chi connectivity index (χ0v) is 11.9. The van der Waals surface area contributed by atoms with Gasteiger partial charge in [-0.2, -0.15) is 0 Å². The minimum atomic E-state index is -0.468. The van der Waals surface area contributed by atoms with Gasteiger partial charge in [-0.1, -0.05) is 6.58 Å². The zero-order valence-electron chi connectivity index (χ0n) is 11.9. The number of hydrogen-bond acceptors (Lipinski definition) is 4. The van der Waals surface area contributed by atoms with Crippen LogP contribution in [0.5, 0.6) is 0 Å². The Morgan fingerprint density at radius 3 is 2.58 bits per heavy atom. The fraction of sp³-hybridized carbons (Fsp3) is 0.733. The highest BCUT2D eigenvalue weighted by Crippen LogP contribution is 2.53. The molecular formula is C15H22O4. The molecule has 2 rings (SSSR count). The minimum Gasteiger partial charge on any atom is -0.460 e. The van der Waals surface area contributed by atoms with E-state index in [2.05, 4.69) is 6.58 Å². The van der Waals surface area contributed by atoms with Gasteiger partial charge in [-0.15, -0.1) is 0 Å². The van der Waals surface area contributed by atoms with E-state index in [1.807, 2.05) is 20.8 Å². The van der Waals surface area contributed by atoms with Crippen LogP contribution >= 0.6 is 0 Å². The van der Waals surface area contributed by atoms with E-state index < -0.39 is 17.2 Å². The maximum atomic E-state index is 12.2. The molecule has 19 heavy (non-hydrogen) atoms. The predicted molar refractivity (Wildman–Crippen MR) is 70.3 cm³/mol. The van der Waals surface area contributed by atoms with Crippen molar-refractivity contribution in [2.75, 3.05) is 0 Å². The van der Waals surface area contributed by atoms with E-state index in [1.54, 1.807) is 0 Å². The first kappa shape index (κ1) is 14.1. The minimum absolute atomic E-state index is 0.134. The van der Waals surface area contributed by atoms with E-state index in [9.17, 15) is 9.59 Å². The molecule has 0 saturated heterocycles. The van der Waals surface area contributed by atoms with Crippen LogP contribution in [0.4, 0.5) is 0 Å². The highest BCUT2D eigenvalue weighted by molar-refractivity contribution is 5.82. The topological polar surface area (TPSA) is 52.6 Å². The lowest BCUT2D eigenvalue weighted by Gasteiger charge is -2.30. The van der Waals surface area contributed by atoms with Crippen LogP contribution in [0.15, 0.2) is 12.7 Å². The number of hydrogen-bond donors (Lipinski definition) is 0. The number of esters is 2. The summed E-state index contributed by atoms with van der Waals surface area (Å²) in [6, 6.07) is 0. The van der Waals surface area contributed by atoms with Crippen LogP contribution in [-0.2, 0) is 19.1 Å². The monoisotopic (exact) mass is 266 g/mol. The number of carbonyl (C=O) groups is 2. The summed E-state index contributed by atoms with van der Waals surface area (Å²) in [5.74, 6) is -0.405. The molecule has 0 amide bonds. The molecule has 2 bridgehead atoms. The van der Waals surface area contributed by atoms with Crippen molar-refractivity contribution in [2.45, 2.75) is 57.7 Å². The first-order valence-electron chi connectivity index (χ1n) is 6.83. The molecule has 2 saturated carbocycles. The van der Waals surface area contributed by atoms with E-state index in [-0.39, 0.29) is 17.8 Å². The van der Waals surface area contributed by atoms with Crippen LogP contribution in [0.1, 0.15) is 46.5 Å². The molecule has 2 fully saturated rings. The molecule has 0 aliphatic heterocycles. The van der Waals surface area contributed by atoms with E-state index in [4.69, 9.17) is 9.47 Å². The van der Waals surface area contributed by atoms with Gasteiger partial charge < -0.3 is 9.47 Å². The Labute approximate surface area is 114 Å². The Bertz CT molecular complexity index is 407. The first-order valence-corrected chi connectivity index (χ1v) is 6.83. The molecule has 3 unspecified atom stereocenters. The maximum Gasteiger partial charge on any atom is 0.330 e. The third-order valence-corrected chi connectivity index (χ3v) is 3.96. The summed E-state index contributed by atoms with van der Waals surface area (Å²) in [6.07, 6.45) is 4.32. The van der Waals surface area contributed by atoms with Crippen molar-refractivity contribution in [3.8, 4) is 0 Å². The van der Waals surface area contributed by atoms with Gasteiger partial charge in [-0.25, -0.2) is 4.79 Å². The maximum absolute atomic E-state index is 12.2. The molecule has 2 aliphatic rings. The summed E-state index contributed by atoms with van der Waals surface area (Å²) in [5, 5.41) is 0. The van der Waals surface area contributed by atoms with Crippen LogP contribution in [0.25, 0.3) is 0 Å². The predicted octanol–water partition coefficient (Wildman–Crippen LogP) is 2.62. The van der Waals surface area contributed by atoms with Crippen molar-refractivity contribution in [1.29, 1.82) is 0 Å². The highest BCUT2D eigenvalue weighted by Gasteiger charge is 2.56. The van der Waals surface area contributed by atoms with Gasteiger partial charge in [0, 0.05) is 12.5 Å². The molecule has 0 N–H and O–H groups in total. The Kier molecular flexibility index (Phi) is 3.45. The summed E-state index contributed by atoms with van der Waals surface area (Å²) >= 11 is 0. The molecule has 0 radical (unpaired) electrons. The molecule has 0 spiro atoms. The van der Waals surface area contributed by atoms with Gasteiger partial charge in [0.2, 0.25) is 0 Å². The molecule has 4 nitrogen and oxygen atoms in total. The molecule has 3 atom stereocenters. The second-order valence-electron chi connectivity index (χ2n) is 6.66. The van der Waals surface area contributed by atoms with Crippen molar-refractivity contribution >= 4 is 11.9 Å². The van der Waals surface area contributed by atoms with Crippen molar-refractivity contribution < 1.29 is 19.1 Å². The smallest absolute Gasteiger partial charge is 0.330 e.